The average Bonchev–Trinajstić information content (AvgIpc) is 2.16. The molecule has 0 bridgehead atoms. The first-order chi connectivity index (χ1) is 7.61. The minimum Gasteiger partial charge on any atom is -0.383 e. The zero-order chi connectivity index (χ0) is 12.0. The van der Waals surface area contributed by atoms with Gasteiger partial charge in [0.1, 0.15) is 0 Å². The fraction of sp³-hybridized carbons (Fsp3) is 1.00. The third-order valence-corrected chi connectivity index (χ3v) is 2.83. The van der Waals surface area contributed by atoms with E-state index in [1.165, 1.54) is 0 Å². The summed E-state index contributed by atoms with van der Waals surface area (Å²) < 4.78 is 10.8. The van der Waals surface area contributed by atoms with Crippen molar-refractivity contribution >= 4 is 0 Å². The van der Waals surface area contributed by atoms with Gasteiger partial charge in [0.05, 0.1) is 18.8 Å². The van der Waals surface area contributed by atoms with Crippen molar-refractivity contribution in [1.29, 1.82) is 0 Å². The van der Waals surface area contributed by atoms with Crippen molar-refractivity contribution in [2.45, 2.75) is 39.0 Å². The average molecular weight is 230 g/mol. The maximum atomic E-state index is 5.70. The first-order valence-electron chi connectivity index (χ1n) is 6.22. The summed E-state index contributed by atoms with van der Waals surface area (Å²) in [7, 11) is 1.74. The van der Waals surface area contributed by atoms with Crippen LogP contribution in [0.25, 0.3) is 0 Å². The van der Waals surface area contributed by atoms with Crippen LogP contribution in [0.3, 0.4) is 0 Å². The lowest BCUT2D eigenvalue weighted by Gasteiger charge is -2.35. The highest BCUT2D eigenvalue weighted by Gasteiger charge is 2.21. The zero-order valence-corrected chi connectivity index (χ0v) is 11.0. The van der Waals surface area contributed by atoms with Gasteiger partial charge in [0.2, 0.25) is 0 Å². The predicted octanol–water partition coefficient (Wildman–Crippen LogP) is 0.720. The smallest absolute Gasteiger partial charge is 0.0678 e. The van der Waals surface area contributed by atoms with Crippen molar-refractivity contribution in [3.05, 3.63) is 0 Å². The number of hydrogen-bond donors (Lipinski definition) is 1. The van der Waals surface area contributed by atoms with Gasteiger partial charge in [-0.2, -0.15) is 0 Å². The van der Waals surface area contributed by atoms with Gasteiger partial charge in [-0.15, -0.1) is 0 Å². The Hall–Kier alpha value is -0.160. The van der Waals surface area contributed by atoms with Gasteiger partial charge in [0, 0.05) is 39.3 Å². The summed E-state index contributed by atoms with van der Waals surface area (Å²) in [6.45, 7) is 11.4. The number of methoxy groups -OCH3 is 1. The van der Waals surface area contributed by atoms with E-state index in [1.54, 1.807) is 7.11 Å². The van der Waals surface area contributed by atoms with Crippen molar-refractivity contribution in [3.8, 4) is 0 Å². The van der Waals surface area contributed by atoms with Gasteiger partial charge >= 0.3 is 0 Å². The van der Waals surface area contributed by atoms with E-state index in [2.05, 4.69) is 31.0 Å². The highest BCUT2D eigenvalue weighted by molar-refractivity contribution is 4.74. The first-order valence-corrected chi connectivity index (χ1v) is 6.22. The Morgan fingerprint density at radius 2 is 2.00 bits per heavy atom. The van der Waals surface area contributed by atoms with E-state index in [-0.39, 0.29) is 0 Å². The van der Waals surface area contributed by atoms with Crippen LogP contribution < -0.4 is 5.32 Å². The van der Waals surface area contributed by atoms with Crippen LogP contribution >= 0.6 is 0 Å². The summed E-state index contributed by atoms with van der Waals surface area (Å²) in [5, 5.41) is 3.45. The van der Waals surface area contributed by atoms with Gasteiger partial charge in [-0.1, -0.05) is 0 Å². The summed E-state index contributed by atoms with van der Waals surface area (Å²) in [6.07, 6.45) is 0.722. The number of rotatable bonds is 6. The molecule has 1 N–H and O–H groups in total. The molecular weight excluding hydrogens is 204 g/mol. The minimum absolute atomic E-state index is 0.361. The molecular formula is C12H26N2O2. The molecule has 96 valence electrons. The molecule has 16 heavy (non-hydrogen) atoms. The molecule has 0 saturated carbocycles. The largest absolute Gasteiger partial charge is 0.383 e. The van der Waals surface area contributed by atoms with Gasteiger partial charge in [0.15, 0.2) is 0 Å². The van der Waals surface area contributed by atoms with Crippen molar-refractivity contribution in [2.24, 2.45) is 0 Å². The third kappa shape index (κ3) is 5.25. The highest BCUT2D eigenvalue weighted by atomic mass is 16.5. The van der Waals surface area contributed by atoms with Crippen molar-refractivity contribution in [3.63, 3.8) is 0 Å². The highest BCUT2D eigenvalue weighted by Crippen LogP contribution is 2.09. The van der Waals surface area contributed by atoms with Crippen LogP contribution in [0.5, 0.6) is 0 Å². The van der Waals surface area contributed by atoms with E-state index in [0.717, 1.165) is 32.8 Å². The van der Waals surface area contributed by atoms with Crippen molar-refractivity contribution in [1.82, 2.24) is 10.2 Å². The molecule has 1 rings (SSSR count). The fourth-order valence-corrected chi connectivity index (χ4v) is 2.24. The number of morpholine rings is 1. The molecule has 1 aliphatic rings. The summed E-state index contributed by atoms with van der Waals surface area (Å²) in [4.78, 5) is 2.46. The van der Waals surface area contributed by atoms with Crippen LogP contribution in [-0.4, -0.2) is 63.0 Å². The van der Waals surface area contributed by atoms with Gasteiger partial charge in [-0.3, -0.25) is 4.90 Å². The standard InChI is InChI=1S/C12H26N2O2/c1-10(9-15-4)13-5-6-14-7-11(2)16-12(3)8-14/h10-13H,5-9H2,1-4H3/t10?,11-,12+. The van der Waals surface area contributed by atoms with Crippen LogP contribution in [0.2, 0.25) is 0 Å². The van der Waals surface area contributed by atoms with Crippen LogP contribution in [0.4, 0.5) is 0 Å². The fourth-order valence-electron chi connectivity index (χ4n) is 2.24. The Balaban J connectivity index is 2.12. The summed E-state index contributed by atoms with van der Waals surface area (Å²) in [5.41, 5.74) is 0. The molecule has 0 spiro atoms. The molecule has 0 amide bonds. The van der Waals surface area contributed by atoms with Gasteiger partial charge < -0.3 is 14.8 Å². The molecule has 1 heterocycles. The third-order valence-electron chi connectivity index (χ3n) is 2.83. The number of nitrogens with zero attached hydrogens (tertiary/aromatic N) is 1. The van der Waals surface area contributed by atoms with Crippen molar-refractivity contribution in [2.75, 3.05) is 39.9 Å². The van der Waals surface area contributed by atoms with Crippen LogP contribution in [0, 0.1) is 0 Å². The maximum Gasteiger partial charge on any atom is 0.0678 e. The lowest BCUT2D eigenvalue weighted by molar-refractivity contribution is -0.0675. The quantitative estimate of drug-likeness (QED) is 0.729. The monoisotopic (exact) mass is 230 g/mol. The summed E-state index contributed by atoms with van der Waals surface area (Å²) in [5.74, 6) is 0. The van der Waals surface area contributed by atoms with E-state index in [0.29, 0.717) is 18.2 Å². The van der Waals surface area contributed by atoms with E-state index in [4.69, 9.17) is 9.47 Å². The second-order valence-electron chi connectivity index (χ2n) is 4.83. The molecule has 4 nitrogen and oxygen atoms in total. The lowest BCUT2D eigenvalue weighted by Crippen LogP contribution is -2.48. The van der Waals surface area contributed by atoms with E-state index in [9.17, 15) is 0 Å². The molecule has 0 aromatic carbocycles. The SMILES string of the molecule is COCC(C)NCCN1C[C@@H](C)O[C@@H](C)C1. The van der Waals surface area contributed by atoms with Crippen LogP contribution in [0.1, 0.15) is 20.8 Å². The molecule has 1 fully saturated rings. The summed E-state index contributed by atoms with van der Waals surface area (Å²) >= 11 is 0. The molecule has 3 atom stereocenters. The van der Waals surface area contributed by atoms with E-state index in [1.807, 2.05) is 0 Å². The Kier molecular flexibility index (Phi) is 6.28. The van der Waals surface area contributed by atoms with Crippen LogP contribution in [-0.2, 0) is 9.47 Å². The van der Waals surface area contributed by atoms with Crippen LogP contribution in [0.15, 0.2) is 0 Å². The lowest BCUT2D eigenvalue weighted by atomic mass is 10.2. The molecule has 1 aliphatic heterocycles. The van der Waals surface area contributed by atoms with Gasteiger partial charge in [-0.05, 0) is 20.8 Å². The zero-order valence-electron chi connectivity index (χ0n) is 11.0. The van der Waals surface area contributed by atoms with E-state index < -0.39 is 0 Å². The second-order valence-corrected chi connectivity index (χ2v) is 4.83. The Morgan fingerprint density at radius 3 is 2.56 bits per heavy atom. The first kappa shape index (κ1) is 13.9. The second kappa shape index (κ2) is 7.22. The molecule has 0 radical (unpaired) electrons. The van der Waals surface area contributed by atoms with Gasteiger partial charge in [0.25, 0.3) is 0 Å². The normalized spacial score (nSPS) is 29.2. The Labute approximate surface area is 99.3 Å². The molecule has 0 aromatic rings. The van der Waals surface area contributed by atoms with Crippen molar-refractivity contribution < 1.29 is 9.47 Å². The Bertz CT molecular complexity index is 180. The topological polar surface area (TPSA) is 33.7 Å². The molecule has 0 aromatic heterocycles. The van der Waals surface area contributed by atoms with Gasteiger partial charge in [-0.25, -0.2) is 0 Å². The maximum absolute atomic E-state index is 5.70. The molecule has 0 aliphatic carbocycles. The number of ether oxygens (including phenoxy) is 2. The molecule has 1 saturated heterocycles. The number of nitrogens with one attached hydrogen (secondary N) is 1. The molecule has 4 heteroatoms. The number of hydrogen-bond acceptors (Lipinski definition) is 4. The minimum atomic E-state index is 0.361. The predicted molar refractivity (Wildman–Crippen MR) is 65.8 cm³/mol. The Morgan fingerprint density at radius 1 is 1.38 bits per heavy atom. The molecule has 1 unspecified atom stereocenters. The summed E-state index contributed by atoms with van der Waals surface area (Å²) in [6, 6.07) is 0.431. The van der Waals surface area contributed by atoms with E-state index >= 15 is 0 Å².